The SMILES string of the molecule is Cl.N#Cc1cccc(C=C2CCNCC2)c1. The monoisotopic (exact) mass is 234 g/mol. The van der Waals surface area contributed by atoms with Crippen LogP contribution in [-0.2, 0) is 0 Å². The van der Waals surface area contributed by atoms with Crippen molar-refractivity contribution in [3.05, 3.63) is 41.0 Å². The highest BCUT2D eigenvalue weighted by Gasteiger charge is 2.04. The van der Waals surface area contributed by atoms with Gasteiger partial charge in [0.2, 0.25) is 0 Å². The summed E-state index contributed by atoms with van der Waals surface area (Å²) in [6.07, 6.45) is 4.45. The van der Waals surface area contributed by atoms with Crippen molar-refractivity contribution < 1.29 is 0 Å². The fourth-order valence-corrected chi connectivity index (χ4v) is 1.83. The molecule has 1 aromatic carbocycles. The van der Waals surface area contributed by atoms with Gasteiger partial charge in [-0.15, -0.1) is 12.4 Å². The highest BCUT2D eigenvalue weighted by Crippen LogP contribution is 2.15. The third kappa shape index (κ3) is 3.37. The Balaban J connectivity index is 0.00000128. The molecule has 0 amide bonds. The molecule has 1 heterocycles. The average Bonchev–Trinajstić information content (AvgIpc) is 2.31. The molecule has 0 saturated carbocycles. The maximum atomic E-state index is 8.79. The highest BCUT2D eigenvalue weighted by molar-refractivity contribution is 5.85. The molecule has 3 heteroatoms. The van der Waals surface area contributed by atoms with E-state index in [2.05, 4.69) is 23.5 Å². The second kappa shape index (κ2) is 6.32. The lowest BCUT2D eigenvalue weighted by molar-refractivity contribution is 0.613. The molecule has 0 aromatic heterocycles. The fraction of sp³-hybridized carbons (Fsp3) is 0.308. The van der Waals surface area contributed by atoms with Gasteiger partial charge in [0.1, 0.15) is 0 Å². The first-order chi connectivity index (χ1) is 7.38. The summed E-state index contributed by atoms with van der Waals surface area (Å²) < 4.78 is 0. The number of rotatable bonds is 1. The minimum atomic E-state index is 0. The predicted octanol–water partition coefficient (Wildman–Crippen LogP) is 2.75. The van der Waals surface area contributed by atoms with Gasteiger partial charge in [-0.05, 0) is 43.6 Å². The van der Waals surface area contributed by atoms with Gasteiger partial charge in [-0.2, -0.15) is 5.26 Å². The molecule has 0 atom stereocenters. The summed E-state index contributed by atoms with van der Waals surface area (Å²) in [4.78, 5) is 0. The predicted molar refractivity (Wildman–Crippen MR) is 68.5 cm³/mol. The molecule has 1 saturated heterocycles. The maximum Gasteiger partial charge on any atom is 0.0991 e. The lowest BCUT2D eigenvalue weighted by Gasteiger charge is -2.15. The van der Waals surface area contributed by atoms with Crippen LogP contribution in [-0.4, -0.2) is 13.1 Å². The van der Waals surface area contributed by atoms with Crippen LogP contribution in [0.4, 0.5) is 0 Å². The molecule has 0 unspecified atom stereocenters. The van der Waals surface area contributed by atoms with Gasteiger partial charge in [0.15, 0.2) is 0 Å². The number of halogens is 1. The Morgan fingerprint density at radius 2 is 2.00 bits per heavy atom. The van der Waals surface area contributed by atoms with E-state index in [0.717, 1.165) is 37.1 Å². The molecule has 0 aliphatic carbocycles. The van der Waals surface area contributed by atoms with E-state index in [1.54, 1.807) is 0 Å². The zero-order valence-corrected chi connectivity index (χ0v) is 9.89. The van der Waals surface area contributed by atoms with Gasteiger partial charge in [-0.25, -0.2) is 0 Å². The van der Waals surface area contributed by atoms with Gasteiger partial charge < -0.3 is 5.32 Å². The number of hydrogen-bond acceptors (Lipinski definition) is 2. The van der Waals surface area contributed by atoms with Gasteiger partial charge in [0.05, 0.1) is 11.6 Å². The number of nitrogens with one attached hydrogen (secondary N) is 1. The first kappa shape index (κ1) is 12.8. The third-order valence-electron chi connectivity index (χ3n) is 2.63. The number of nitrogens with zero attached hydrogens (tertiary/aromatic N) is 1. The summed E-state index contributed by atoms with van der Waals surface area (Å²) in [5.74, 6) is 0. The topological polar surface area (TPSA) is 35.8 Å². The van der Waals surface area contributed by atoms with Gasteiger partial charge >= 0.3 is 0 Å². The minimum absolute atomic E-state index is 0. The van der Waals surface area contributed by atoms with Crippen molar-refractivity contribution in [2.45, 2.75) is 12.8 Å². The van der Waals surface area contributed by atoms with E-state index in [1.807, 2.05) is 18.2 Å². The van der Waals surface area contributed by atoms with Crippen molar-refractivity contribution in [2.24, 2.45) is 0 Å². The molecular weight excluding hydrogens is 220 g/mol. The van der Waals surface area contributed by atoms with E-state index in [4.69, 9.17) is 5.26 Å². The molecule has 2 rings (SSSR count). The van der Waals surface area contributed by atoms with E-state index < -0.39 is 0 Å². The van der Waals surface area contributed by atoms with Crippen LogP contribution in [0.1, 0.15) is 24.0 Å². The largest absolute Gasteiger partial charge is 0.316 e. The molecule has 1 aliphatic rings. The molecule has 0 bridgehead atoms. The molecule has 1 fully saturated rings. The molecular formula is C13H15ClN2. The zero-order valence-electron chi connectivity index (χ0n) is 9.07. The van der Waals surface area contributed by atoms with Crippen molar-refractivity contribution in [2.75, 3.05) is 13.1 Å². The summed E-state index contributed by atoms with van der Waals surface area (Å²) >= 11 is 0. The highest BCUT2D eigenvalue weighted by atomic mass is 35.5. The van der Waals surface area contributed by atoms with Crippen LogP contribution in [0.2, 0.25) is 0 Å². The standard InChI is InChI=1S/C13H14N2.ClH/c14-10-13-3-1-2-12(9-13)8-11-4-6-15-7-5-11;/h1-3,8-9,15H,4-7H2;1H. The van der Waals surface area contributed by atoms with Crippen molar-refractivity contribution >= 4 is 18.5 Å². The van der Waals surface area contributed by atoms with Crippen molar-refractivity contribution in [1.82, 2.24) is 5.32 Å². The van der Waals surface area contributed by atoms with E-state index >= 15 is 0 Å². The molecule has 0 spiro atoms. The first-order valence-corrected chi connectivity index (χ1v) is 5.29. The molecule has 84 valence electrons. The van der Waals surface area contributed by atoms with Gasteiger partial charge in [-0.3, -0.25) is 0 Å². The van der Waals surface area contributed by atoms with Gasteiger partial charge in [-0.1, -0.05) is 23.8 Å². The van der Waals surface area contributed by atoms with Crippen LogP contribution in [0.3, 0.4) is 0 Å². The van der Waals surface area contributed by atoms with E-state index in [-0.39, 0.29) is 12.4 Å². The quantitative estimate of drug-likeness (QED) is 0.811. The van der Waals surface area contributed by atoms with E-state index in [0.29, 0.717) is 0 Å². The molecule has 1 aromatic rings. The smallest absolute Gasteiger partial charge is 0.0991 e. The molecule has 16 heavy (non-hydrogen) atoms. The first-order valence-electron chi connectivity index (χ1n) is 5.29. The maximum absolute atomic E-state index is 8.79. The van der Waals surface area contributed by atoms with Crippen LogP contribution in [0.15, 0.2) is 29.8 Å². The Labute approximate surface area is 102 Å². The number of hydrogen-bond donors (Lipinski definition) is 1. The lowest BCUT2D eigenvalue weighted by atomic mass is 10.0. The summed E-state index contributed by atoms with van der Waals surface area (Å²) in [6.45, 7) is 2.15. The van der Waals surface area contributed by atoms with Crippen molar-refractivity contribution in [3.63, 3.8) is 0 Å². The summed E-state index contributed by atoms with van der Waals surface area (Å²) in [5.41, 5.74) is 3.35. The van der Waals surface area contributed by atoms with Gasteiger partial charge in [0.25, 0.3) is 0 Å². The molecule has 2 nitrogen and oxygen atoms in total. The van der Waals surface area contributed by atoms with Crippen LogP contribution < -0.4 is 5.32 Å². The van der Waals surface area contributed by atoms with E-state index in [1.165, 1.54) is 5.57 Å². The normalized spacial score (nSPS) is 14.8. The summed E-state index contributed by atoms with van der Waals surface area (Å²) in [5, 5.41) is 12.1. The van der Waals surface area contributed by atoms with Crippen LogP contribution in [0.5, 0.6) is 0 Å². The Bertz CT molecular complexity index is 410. The van der Waals surface area contributed by atoms with Crippen molar-refractivity contribution in [1.29, 1.82) is 5.26 Å². The molecule has 1 N–H and O–H groups in total. The minimum Gasteiger partial charge on any atom is -0.316 e. The fourth-order valence-electron chi connectivity index (χ4n) is 1.83. The number of nitriles is 1. The molecule has 0 radical (unpaired) electrons. The third-order valence-corrected chi connectivity index (χ3v) is 2.63. The number of benzene rings is 1. The molecule has 1 aliphatic heterocycles. The summed E-state index contributed by atoms with van der Waals surface area (Å²) in [7, 11) is 0. The Hall–Kier alpha value is -1.30. The van der Waals surface area contributed by atoms with E-state index in [9.17, 15) is 0 Å². The van der Waals surface area contributed by atoms with Crippen molar-refractivity contribution in [3.8, 4) is 6.07 Å². The van der Waals surface area contributed by atoms with Crippen LogP contribution in [0, 0.1) is 11.3 Å². The Kier molecular flexibility index (Phi) is 5.04. The number of piperidine rings is 1. The average molecular weight is 235 g/mol. The second-order valence-electron chi connectivity index (χ2n) is 3.79. The van der Waals surface area contributed by atoms with Gasteiger partial charge in [0, 0.05) is 0 Å². The lowest BCUT2D eigenvalue weighted by Crippen LogP contribution is -2.22. The zero-order chi connectivity index (χ0) is 10.5. The Morgan fingerprint density at radius 3 is 2.69 bits per heavy atom. The summed E-state index contributed by atoms with van der Waals surface area (Å²) in [6, 6.07) is 9.93. The van der Waals surface area contributed by atoms with Crippen LogP contribution in [0.25, 0.3) is 6.08 Å². The second-order valence-corrected chi connectivity index (χ2v) is 3.79. The Morgan fingerprint density at radius 1 is 1.25 bits per heavy atom. The van der Waals surface area contributed by atoms with Crippen LogP contribution >= 0.6 is 12.4 Å².